The van der Waals surface area contributed by atoms with E-state index in [1.807, 2.05) is 0 Å². The molecule has 1 aliphatic heterocycles. The number of nitrogens with one attached hydrogen (secondary N) is 2. The molecule has 0 bridgehead atoms. The highest BCUT2D eigenvalue weighted by molar-refractivity contribution is 5.81. The van der Waals surface area contributed by atoms with Crippen LogP contribution in [0.4, 0.5) is 0 Å². The average molecular weight is 293 g/mol. The number of hydrogen-bond donors (Lipinski definition) is 2. The molecule has 0 aromatic rings. The number of hydrogen-bond acceptors (Lipinski definition) is 3. The second-order valence-corrected chi connectivity index (χ2v) is 7.35. The molecule has 4 nitrogen and oxygen atoms in total. The van der Waals surface area contributed by atoms with Crippen LogP contribution in [0.2, 0.25) is 0 Å². The van der Waals surface area contributed by atoms with Gasteiger partial charge in [0.25, 0.3) is 0 Å². The molecular weight excluding hydrogens is 262 g/mol. The molecule has 2 atom stereocenters. The number of nitrogens with zero attached hydrogens (tertiary/aromatic N) is 1. The average Bonchev–Trinajstić information content (AvgIpc) is 3.20. The Morgan fingerprint density at radius 3 is 2.57 bits per heavy atom. The van der Waals surface area contributed by atoms with Crippen molar-refractivity contribution in [2.75, 3.05) is 19.6 Å². The van der Waals surface area contributed by atoms with E-state index in [-0.39, 0.29) is 11.9 Å². The van der Waals surface area contributed by atoms with Crippen LogP contribution in [0, 0.1) is 5.92 Å². The predicted molar refractivity (Wildman–Crippen MR) is 85.2 cm³/mol. The first-order chi connectivity index (χ1) is 10.2. The van der Waals surface area contributed by atoms with E-state index in [9.17, 15) is 4.79 Å². The second kappa shape index (κ2) is 7.10. The van der Waals surface area contributed by atoms with Gasteiger partial charge in [0, 0.05) is 18.6 Å². The van der Waals surface area contributed by atoms with Crippen LogP contribution in [0.5, 0.6) is 0 Å². The lowest BCUT2D eigenvalue weighted by molar-refractivity contribution is -0.127. The lowest BCUT2D eigenvalue weighted by Gasteiger charge is -2.36. The third-order valence-corrected chi connectivity index (χ3v) is 5.45. The number of rotatable bonds is 6. The Hall–Kier alpha value is -0.610. The molecule has 2 unspecified atom stereocenters. The Labute approximate surface area is 129 Å². The van der Waals surface area contributed by atoms with Gasteiger partial charge in [-0.3, -0.25) is 9.69 Å². The van der Waals surface area contributed by atoms with Gasteiger partial charge in [-0.05, 0) is 64.5 Å². The summed E-state index contributed by atoms with van der Waals surface area (Å²) in [5.41, 5.74) is 0. The first kappa shape index (κ1) is 15.3. The van der Waals surface area contributed by atoms with Crippen molar-refractivity contribution in [3.8, 4) is 0 Å². The quantitative estimate of drug-likeness (QED) is 0.786. The lowest BCUT2D eigenvalue weighted by Crippen LogP contribution is -2.51. The number of likely N-dealkylation sites (tertiary alicyclic amines) is 1. The summed E-state index contributed by atoms with van der Waals surface area (Å²) < 4.78 is 0. The van der Waals surface area contributed by atoms with E-state index >= 15 is 0 Å². The standard InChI is InChI=1S/C17H31N3O/c1-13(17(21)19-16-6-2-3-7-16)20-10-4-5-14(12-20)11-18-15-8-9-15/h13-16,18H,2-12H2,1H3,(H,19,21). The Balaban J connectivity index is 1.43. The van der Waals surface area contributed by atoms with Crippen molar-refractivity contribution in [3.63, 3.8) is 0 Å². The van der Waals surface area contributed by atoms with Gasteiger partial charge in [0.05, 0.1) is 6.04 Å². The molecular formula is C17H31N3O. The summed E-state index contributed by atoms with van der Waals surface area (Å²) in [5, 5.41) is 6.90. The minimum Gasteiger partial charge on any atom is -0.352 e. The van der Waals surface area contributed by atoms with Crippen LogP contribution in [0.3, 0.4) is 0 Å². The molecule has 1 amide bonds. The maximum atomic E-state index is 12.4. The van der Waals surface area contributed by atoms with Gasteiger partial charge in [-0.2, -0.15) is 0 Å². The van der Waals surface area contributed by atoms with Crippen LogP contribution in [0.15, 0.2) is 0 Å². The van der Waals surface area contributed by atoms with Crippen LogP contribution in [0.1, 0.15) is 58.3 Å². The van der Waals surface area contributed by atoms with Gasteiger partial charge < -0.3 is 10.6 Å². The normalized spacial score (nSPS) is 29.5. The maximum Gasteiger partial charge on any atom is 0.237 e. The van der Waals surface area contributed by atoms with E-state index < -0.39 is 0 Å². The topological polar surface area (TPSA) is 44.4 Å². The molecule has 1 heterocycles. The zero-order valence-corrected chi connectivity index (χ0v) is 13.4. The summed E-state index contributed by atoms with van der Waals surface area (Å²) in [6.07, 6.45) is 10.2. The summed E-state index contributed by atoms with van der Waals surface area (Å²) in [6.45, 7) is 5.39. The molecule has 2 saturated carbocycles. The Kier molecular flexibility index (Phi) is 5.17. The SMILES string of the molecule is CC(C(=O)NC1CCCC1)N1CCCC(CNC2CC2)C1. The fraction of sp³-hybridized carbons (Fsp3) is 0.941. The summed E-state index contributed by atoms with van der Waals surface area (Å²) in [4.78, 5) is 14.8. The van der Waals surface area contributed by atoms with Crippen molar-refractivity contribution in [3.05, 3.63) is 0 Å². The van der Waals surface area contributed by atoms with E-state index in [1.54, 1.807) is 0 Å². The van der Waals surface area contributed by atoms with Crippen molar-refractivity contribution >= 4 is 5.91 Å². The maximum absolute atomic E-state index is 12.4. The number of carbonyl (C=O) groups is 1. The fourth-order valence-electron chi connectivity index (χ4n) is 3.79. The third-order valence-electron chi connectivity index (χ3n) is 5.45. The molecule has 0 aromatic carbocycles. The fourth-order valence-corrected chi connectivity index (χ4v) is 3.79. The summed E-state index contributed by atoms with van der Waals surface area (Å²) >= 11 is 0. The van der Waals surface area contributed by atoms with Gasteiger partial charge in [0.1, 0.15) is 0 Å². The zero-order chi connectivity index (χ0) is 14.7. The molecule has 21 heavy (non-hydrogen) atoms. The molecule has 1 saturated heterocycles. The summed E-state index contributed by atoms with van der Waals surface area (Å²) in [6, 6.07) is 1.27. The van der Waals surface area contributed by atoms with Crippen LogP contribution in [-0.4, -0.2) is 48.6 Å². The van der Waals surface area contributed by atoms with E-state index in [1.165, 1.54) is 51.4 Å². The Bertz CT molecular complexity index is 350. The van der Waals surface area contributed by atoms with E-state index in [0.717, 1.165) is 31.6 Å². The molecule has 0 spiro atoms. The highest BCUT2D eigenvalue weighted by Crippen LogP contribution is 2.23. The number of carbonyl (C=O) groups excluding carboxylic acids is 1. The Morgan fingerprint density at radius 1 is 1.10 bits per heavy atom. The van der Waals surface area contributed by atoms with Gasteiger partial charge in [0.15, 0.2) is 0 Å². The Morgan fingerprint density at radius 2 is 1.86 bits per heavy atom. The lowest BCUT2D eigenvalue weighted by atomic mass is 9.96. The highest BCUT2D eigenvalue weighted by atomic mass is 16.2. The molecule has 120 valence electrons. The van der Waals surface area contributed by atoms with Gasteiger partial charge >= 0.3 is 0 Å². The molecule has 3 fully saturated rings. The minimum atomic E-state index is 0.0364. The molecule has 3 aliphatic rings. The van der Waals surface area contributed by atoms with E-state index in [2.05, 4.69) is 22.5 Å². The van der Waals surface area contributed by atoms with Crippen LogP contribution in [0.25, 0.3) is 0 Å². The van der Waals surface area contributed by atoms with Gasteiger partial charge in [-0.1, -0.05) is 12.8 Å². The largest absolute Gasteiger partial charge is 0.352 e. The summed E-state index contributed by atoms with van der Waals surface area (Å²) in [7, 11) is 0. The van der Waals surface area contributed by atoms with Crippen molar-refractivity contribution < 1.29 is 4.79 Å². The highest BCUT2D eigenvalue weighted by Gasteiger charge is 2.30. The first-order valence-electron chi connectivity index (χ1n) is 9.00. The molecule has 2 N–H and O–H groups in total. The molecule has 2 aliphatic carbocycles. The molecule has 0 aromatic heterocycles. The van der Waals surface area contributed by atoms with Crippen LogP contribution >= 0.6 is 0 Å². The minimum absolute atomic E-state index is 0.0364. The van der Waals surface area contributed by atoms with Gasteiger partial charge in [0.2, 0.25) is 5.91 Å². The molecule has 0 radical (unpaired) electrons. The van der Waals surface area contributed by atoms with E-state index in [0.29, 0.717) is 6.04 Å². The smallest absolute Gasteiger partial charge is 0.237 e. The van der Waals surface area contributed by atoms with Crippen molar-refractivity contribution in [2.24, 2.45) is 5.92 Å². The number of amides is 1. The monoisotopic (exact) mass is 293 g/mol. The number of piperidine rings is 1. The third kappa shape index (κ3) is 4.43. The van der Waals surface area contributed by atoms with Crippen molar-refractivity contribution in [1.82, 2.24) is 15.5 Å². The van der Waals surface area contributed by atoms with Gasteiger partial charge in [-0.15, -0.1) is 0 Å². The van der Waals surface area contributed by atoms with Crippen molar-refractivity contribution in [1.29, 1.82) is 0 Å². The first-order valence-corrected chi connectivity index (χ1v) is 9.00. The second-order valence-electron chi connectivity index (χ2n) is 7.35. The zero-order valence-electron chi connectivity index (χ0n) is 13.4. The summed E-state index contributed by atoms with van der Waals surface area (Å²) in [5.74, 6) is 0.971. The van der Waals surface area contributed by atoms with Gasteiger partial charge in [-0.25, -0.2) is 0 Å². The predicted octanol–water partition coefficient (Wildman–Crippen LogP) is 1.90. The molecule has 3 rings (SSSR count). The molecule has 4 heteroatoms. The van der Waals surface area contributed by atoms with Crippen molar-refractivity contribution in [2.45, 2.75) is 76.4 Å². The van der Waals surface area contributed by atoms with E-state index in [4.69, 9.17) is 0 Å². The van der Waals surface area contributed by atoms with Crippen LogP contribution in [-0.2, 0) is 4.79 Å². The van der Waals surface area contributed by atoms with Crippen LogP contribution < -0.4 is 10.6 Å².